The number of hydrogen-bond acceptors (Lipinski definition) is 4. The molecule has 0 spiro atoms. The molecule has 0 unspecified atom stereocenters. The maximum absolute atomic E-state index is 9.10. The second-order valence-corrected chi connectivity index (χ2v) is 4.89. The van der Waals surface area contributed by atoms with Crippen LogP contribution in [0.25, 0.3) is 11.0 Å². The van der Waals surface area contributed by atoms with E-state index >= 15 is 0 Å². The standard InChI is InChI=1S/C15H23N3O2/c1-2-7-18-14-6-4-3-5-13(14)16-15(18)12-17(8-10-19)9-11-20/h3-6,19-20H,2,7-12H2,1H3. The fourth-order valence-electron chi connectivity index (χ4n) is 2.47. The predicted molar refractivity (Wildman–Crippen MR) is 79.5 cm³/mol. The van der Waals surface area contributed by atoms with Gasteiger partial charge in [-0.3, -0.25) is 4.90 Å². The highest BCUT2D eigenvalue weighted by atomic mass is 16.3. The van der Waals surface area contributed by atoms with Crippen LogP contribution in [-0.2, 0) is 13.1 Å². The Morgan fingerprint density at radius 1 is 1.15 bits per heavy atom. The van der Waals surface area contributed by atoms with E-state index in [0.29, 0.717) is 19.6 Å². The molecule has 0 atom stereocenters. The van der Waals surface area contributed by atoms with E-state index in [1.165, 1.54) is 0 Å². The number of aromatic nitrogens is 2. The van der Waals surface area contributed by atoms with Crippen molar-refractivity contribution in [3.8, 4) is 0 Å². The van der Waals surface area contributed by atoms with Gasteiger partial charge in [-0.2, -0.15) is 0 Å². The van der Waals surface area contributed by atoms with Crippen molar-refractivity contribution in [2.45, 2.75) is 26.4 Å². The van der Waals surface area contributed by atoms with Crippen LogP contribution in [0, 0.1) is 0 Å². The van der Waals surface area contributed by atoms with E-state index in [1.807, 2.05) is 23.1 Å². The third kappa shape index (κ3) is 3.36. The Bertz CT molecular complexity index is 533. The number of benzene rings is 1. The fraction of sp³-hybridized carbons (Fsp3) is 0.533. The van der Waals surface area contributed by atoms with E-state index in [-0.39, 0.29) is 13.2 Å². The van der Waals surface area contributed by atoms with Crippen LogP contribution in [0.15, 0.2) is 24.3 Å². The van der Waals surface area contributed by atoms with Crippen LogP contribution >= 0.6 is 0 Å². The molecule has 0 aliphatic carbocycles. The van der Waals surface area contributed by atoms with Gasteiger partial charge < -0.3 is 14.8 Å². The SMILES string of the molecule is CCCn1c(CN(CCO)CCO)nc2ccccc21. The molecule has 0 radical (unpaired) electrons. The van der Waals surface area contributed by atoms with Gasteiger partial charge in [0.2, 0.25) is 0 Å². The number of aliphatic hydroxyl groups excluding tert-OH is 2. The van der Waals surface area contributed by atoms with Crippen molar-refractivity contribution in [3.05, 3.63) is 30.1 Å². The van der Waals surface area contributed by atoms with E-state index < -0.39 is 0 Å². The van der Waals surface area contributed by atoms with Crippen molar-refractivity contribution in [3.63, 3.8) is 0 Å². The van der Waals surface area contributed by atoms with Crippen LogP contribution in [0.1, 0.15) is 19.2 Å². The van der Waals surface area contributed by atoms with Crippen LogP contribution in [0.4, 0.5) is 0 Å². The first kappa shape index (κ1) is 15.0. The maximum atomic E-state index is 9.10. The molecule has 2 aromatic rings. The maximum Gasteiger partial charge on any atom is 0.124 e. The molecule has 2 rings (SSSR count). The number of nitrogens with zero attached hydrogens (tertiary/aromatic N) is 3. The Morgan fingerprint density at radius 2 is 1.85 bits per heavy atom. The van der Waals surface area contributed by atoms with Gasteiger partial charge in [0.15, 0.2) is 0 Å². The van der Waals surface area contributed by atoms with E-state index in [9.17, 15) is 0 Å². The molecule has 5 nitrogen and oxygen atoms in total. The van der Waals surface area contributed by atoms with Crippen LogP contribution in [0.3, 0.4) is 0 Å². The van der Waals surface area contributed by atoms with Gasteiger partial charge in [0.1, 0.15) is 5.82 Å². The Labute approximate surface area is 119 Å². The molecule has 0 bridgehead atoms. The molecule has 5 heteroatoms. The van der Waals surface area contributed by atoms with Gasteiger partial charge in [0, 0.05) is 19.6 Å². The monoisotopic (exact) mass is 277 g/mol. The highest BCUT2D eigenvalue weighted by Gasteiger charge is 2.13. The van der Waals surface area contributed by atoms with Crippen LogP contribution < -0.4 is 0 Å². The number of aryl methyl sites for hydroxylation is 1. The van der Waals surface area contributed by atoms with Crippen molar-refractivity contribution in [1.82, 2.24) is 14.5 Å². The summed E-state index contributed by atoms with van der Waals surface area (Å²) in [6.45, 7) is 5.02. The number of imidazole rings is 1. The fourth-order valence-corrected chi connectivity index (χ4v) is 2.47. The minimum absolute atomic E-state index is 0.0913. The summed E-state index contributed by atoms with van der Waals surface area (Å²) in [5.41, 5.74) is 2.15. The first-order valence-electron chi connectivity index (χ1n) is 7.18. The van der Waals surface area contributed by atoms with Crippen LogP contribution in [-0.4, -0.2) is 51.0 Å². The first-order valence-corrected chi connectivity index (χ1v) is 7.18. The Balaban J connectivity index is 2.29. The lowest BCUT2D eigenvalue weighted by atomic mass is 10.3. The number of rotatable bonds is 8. The quantitative estimate of drug-likeness (QED) is 0.762. The lowest BCUT2D eigenvalue weighted by Gasteiger charge is -2.20. The molecule has 0 aliphatic heterocycles. The second-order valence-electron chi connectivity index (χ2n) is 4.89. The van der Waals surface area contributed by atoms with Crippen LogP contribution in [0.5, 0.6) is 0 Å². The van der Waals surface area contributed by atoms with Crippen LogP contribution in [0.2, 0.25) is 0 Å². The third-order valence-corrected chi connectivity index (χ3v) is 3.38. The third-order valence-electron chi connectivity index (χ3n) is 3.38. The second kappa shape index (κ2) is 7.38. The molecule has 0 fully saturated rings. The Hall–Kier alpha value is -1.43. The summed E-state index contributed by atoms with van der Waals surface area (Å²) in [6, 6.07) is 8.13. The average molecular weight is 277 g/mol. The summed E-state index contributed by atoms with van der Waals surface area (Å²) in [5, 5.41) is 18.2. The largest absolute Gasteiger partial charge is 0.395 e. The molecular formula is C15H23N3O2. The summed E-state index contributed by atoms with van der Waals surface area (Å²) in [6.07, 6.45) is 1.05. The lowest BCUT2D eigenvalue weighted by molar-refractivity contribution is 0.152. The molecule has 0 amide bonds. The Morgan fingerprint density at radius 3 is 2.50 bits per heavy atom. The summed E-state index contributed by atoms with van der Waals surface area (Å²) in [7, 11) is 0. The summed E-state index contributed by atoms with van der Waals surface area (Å²) < 4.78 is 2.23. The minimum Gasteiger partial charge on any atom is -0.395 e. The summed E-state index contributed by atoms with van der Waals surface area (Å²) >= 11 is 0. The molecule has 0 saturated heterocycles. The van der Waals surface area contributed by atoms with E-state index in [4.69, 9.17) is 15.2 Å². The van der Waals surface area contributed by atoms with Crippen molar-refractivity contribution >= 4 is 11.0 Å². The van der Waals surface area contributed by atoms with Gasteiger partial charge in [0.25, 0.3) is 0 Å². The molecule has 1 aromatic heterocycles. The number of hydrogen-bond donors (Lipinski definition) is 2. The Kier molecular flexibility index (Phi) is 5.52. The molecule has 1 heterocycles. The number of aliphatic hydroxyl groups is 2. The zero-order valence-corrected chi connectivity index (χ0v) is 12.0. The van der Waals surface area contributed by atoms with E-state index in [2.05, 4.69) is 17.6 Å². The molecule has 20 heavy (non-hydrogen) atoms. The van der Waals surface area contributed by atoms with Gasteiger partial charge in [-0.1, -0.05) is 19.1 Å². The van der Waals surface area contributed by atoms with Crippen molar-refractivity contribution in [2.75, 3.05) is 26.3 Å². The van der Waals surface area contributed by atoms with Crippen molar-refractivity contribution < 1.29 is 10.2 Å². The average Bonchev–Trinajstić information content (AvgIpc) is 2.78. The predicted octanol–water partition coefficient (Wildman–Crippen LogP) is 1.23. The molecule has 0 saturated carbocycles. The normalized spacial score (nSPS) is 11.6. The highest BCUT2D eigenvalue weighted by Crippen LogP contribution is 2.17. The smallest absolute Gasteiger partial charge is 0.124 e. The van der Waals surface area contributed by atoms with Gasteiger partial charge >= 0.3 is 0 Å². The molecule has 2 N–H and O–H groups in total. The molecular weight excluding hydrogens is 254 g/mol. The molecule has 110 valence electrons. The van der Waals surface area contributed by atoms with Crippen molar-refractivity contribution in [1.29, 1.82) is 0 Å². The van der Waals surface area contributed by atoms with Gasteiger partial charge in [-0.25, -0.2) is 4.98 Å². The zero-order chi connectivity index (χ0) is 14.4. The number of para-hydroxylation sites is 2. The summed E-state index contributed by atoms with van der Waals surface area (Å²) in [4.78, 5) is 6.71. The highest BCUT2D eigenvalue weighted by molar-refractivity contribution is 5.75. The van der Waals surface area contributed by atoms with Crippen molar-refractivity contribution in [2.24, 2.45) is 0 Å². The van der Waals surface area contributed by atoms with E-state index in [1.54, 1.807) is 0 Å². The topological polar surface area (TPSA) is 61.5 Å². The minimum atomic E-state index is 0.0913. The molecule has 0 aliphatic rings. The number of fused-ring (bicyclic) bond motifs is 1. The lowest BCUT2D eigenvalue weighted by Crippen LogP contribution is -2.30. The van der Waals surface area contributed by atoms with Gasteiger partial charge in [-0.05, 0) is 18.6 Å². The van der Waals surface area contributed by atoms with Gasteiger partial charge in [0.05, 0.1) is 30.8 Å². The zero-order valence-electron chi connectivity index (χ0n) is 12.0. The summed E-state index contributed by atoms with van der Waals surface area (Å²) in [5.74, 6) is 0.995. The van der Waals surface area contributed by atoms with E-state index in [0.717, 1.165) is 29.8 Å². The molecule has 1 aromatic carbocycles. The first-order chi connectivity index (χ1) is 9.80. The van der Waals surface area contributed by atoms with Gasteiger partial charge in [-0.15, -0.1) is 0 Å².